The molecular formula is C27H28FN7O2. The average molecular weight is 502 g/mol. The van der Waals surface area contributed by atoms with E-state index in [1.54, 1.807) is 23.1 Å². The Morgan fingerprint density at radius 2 is 1.70 bits per heavy atom. The van der Waals surface area contributed by atoms with Gasteiger partial charge in [0.15, 0.2) is 5.82 Å². The Hall–Kier alpha value is -4.47. The van der Waals surface area contributed by atoms with Crippen LogP contribution in [0, 0.1) is 5.82 Å². The molecule has 1 aliphatic rings. The lowest BCUT2D eigenvalue weighted by atomic mass is 10.2. The molecule has 0 spiro atoms. The topological polar surface area (TPSA) is 106 Å². The van der Waals surface area contributed by atoms with Gasteiger partial charge in [-0.2, -0.15) is 0 Å². The smallest absolute Gasteiger partial charge is 0.270 e. The van der Waals surface area contributed by atoms with E-state index >= 15 is 0 Å². The summed E-state index contributed by atoms with van der Waals surface area (Å²) in [6.07, 6.45) is 0. The van der Waals surface area contributed by atoms with Crippen LogP contribution in [-0.2, 0) is 4.79 Å². The van der Waals surface area contributed by atoms with Crippen molar-refractivity contribution in [2.24, 2.45) is 0 Å². The van der Waals surface area contributed by atoms with Crippen LogP contribution in [0.5, 0.6) is 0 Å². The van der Waals surface area contributed by atoms with Gasteiger partial charge in [0.2, 0.25) is 5.91 Å². The summed E-state index contributed by atoms with van der Waals surface area (Å²) >= 11 is 0. The van der Waals surface area contributed by atoms with Crippen LogP contribution in [0.3, 0.4) is 0 Å². The Labute approximate surface area is 213 Å². The van der Waals surface area contributed by atoms with Crippen molar-refractivity contribution in [1.29, 1.82) is 0 Å². The third-order valence-corrected chi connectivity index (χ3v) is 6.30. The molecule has 0 atom stereocenters. The zero-order valence-corrected chi connectivity index (χ0v) is 20.5. The second kappa shape index (κ2) is 10.7. The van der Waals surface area contributed by atoms with Crippen LogP contribution in [0.2, 0.25) is 0 Å². The summed E-state index contributed by atoms with van der Waals surface area (Å²) in [6, 6.07) is 17.8. The molecule has 2 amide bonds. The molecular weight excluding hydrogens is 473 g/mol. The Balaban J connectivity index is 1.36. The number of hydrogen-bond donors (Lipinski definition) is 3. The molecule has 0 saturated carbocycles. The first-order valence-corrected chi connectivity index (χ1v) is 12.2. The Morgan fingerprint density at radius 3 is 2.41 bits per heavy atom. The van der Waals surface area contributed by atoms with Crippen molar-refractivity contribution < 1.29 is 14.0 Å². The van der Waals surface area contributed by atoms with Crippen LogP contribution in [0.1, 0.15) is 17.4 Å². The maximum Gasteiger partial charge on any atom is 0.270 e. The van der Waals surface area contributed by atoms with Crippen LogP contribution in [-0.4, -0.2) is 70.9 Å². The molecule has 2 aromatic carbocycles. The second-order valence-corrected chi connectivity index (χ2v) is 8.87. The maximum atomic E-state index is 13.4. The number of anilines is 2. The van der Waals surface area contributed by atoms with Gasteiger partial charge in [-0.15, -0.1) is 0 Å². The number of halogens is 1. The minimum Gasteiger partial charge on any atom is -0.368 e. The summed E-state index contributed by atoms with van der Waals surface area (Å²) < 4.78 is 13.3. The number of carbonyl (C=O) groups is 2. The molecule has 1 saturated heterocycles. The summed E-state index contributed by atoms with van der Waals surface area (Å²) in [4.78, 5) is 41.1. The summed E-state index contributed by atoms with van der Waals surface area (Å²) in [5.74, 6) is 0.643. The largest absolute Gasteiger partial charge is 0.368 e. The highest BCUT2D eigenvalue weighted by Crippen LogP contribution is 2.26. The molecule has 0 unspecified atom stereocenters. The van der Waals surface area contributed by atoms with Gasteiger partial charge >= 0.3 is 0 Å². The number of carbonyl (C=O) groups excluding carboxylic acids is 2. The lowest BCUT2D eigenvalue weighted by molar-refractivity contribution is -0.118. The fraction of sp³-hybridized carbons (Fsp3) is 0.259. The molecule has 0 radical (unpaired) electrons. The minimum atomic E-state index is -0.265. The first kappa shape index (κ1) is 24.2. The van der Waals surface area contributed by atoms with Crippen molar-refractivity contribution >= 4 is 34.4 Å². The monoisotopic (exact) mass is 501 g/mol. The number of piperazine rings is 1. The molecule has 10 heteroatoms. The first-order chi connectivity index (χ1) is 18.0. The number of hydrogen-bond acceptors (Lipinski definition) is 6. The van der Waals surface area contributed by atoms with Crippen molar-refractivity contribution in [3.05, 3.63) is 72.2 Å². The molecule has 9 nitrogen and oxygen atoms in total. The van der Waals surface area contributed by atoms with Crippen LogP contribution in [0.4, 0.5) is 15.9 Å². The third-order valence-electron chi connectivity index (χ3n) is 6.30. The summed E-state index contributed by atoms with van der Waals surface area (Å²) in [7, 11) is 0. The van der Waals surface area contributed by atoms with E-state index in [0.29, 0.717) is 67.6 Å². The lowest BCUT2D eigenvalue weighted by Gasteiger charge is -2.36. The molecule has 3 heterocycles. The highest BCUT2D eigenvalue weighted by molar-refractivity contribution is 6.00. The molecule has 1 aliphatic heterocycles. The number of H-pyrrole nitrogens is 1. The third kappa shape index (κ3) is 5.53. The standard InChI is InChI=1S/C27H28FN7O2/c1-18(36)29-11-12-30-25-22-17-23(31-26(22)33-24(32-25)19-5-3-2-4-6-19)27(37)35-15-13-34(14-16-35)21-9-7-20(28)8-10-21/h2-10,17H,11-16H2,1H3,(H,29,36)(H2,30,31,32,33). The van der Waals surface area contributed by atoms with Crippen molar-refractivity contribution in [2.75, 3.05) is 49.5 Å². The molecule has 5 rings (SSSR count). The van der Waals surface area contributed by atoms with Gasteiger partial charge in [0.05, 0.1) is 5.39 Å². The van der Waals surface area contributed by atoms with Crippen molar-refractivity contribution in [3.63, 3.8) is 0 Å². The van der Waals surface area contributed by atoms with Gasteiger partial charge in [0.25, 0.3) is 5.91 Å². The minimum absolute atomic E-state index is 0.103. The van der Waals surface area contributed by atoms with E-state index in [1.165, 1.54) is 19.1 Å². The molecule has 37 heavy (non-hydrogen) atoms. The molecule has 3 N–H and O–H groups in total. The Kier molecular flexibility index (Phi) is 6.98. The van der Waals surface area contributed by atoms with E-state index in [1.807, 2.05) is 30.3 Å². The van der Waals surface area contributed by atoms with Gasteiger partial charge in [0, 0.05) is 57.4 Å². The van der Waals surface area contributed by atoms with E-state index < -0.39 is 0 Å². The van der Waals surface area contributed by atoms with Gasteiger partial charge in [-0.3, -0.25) is 9.59 Å². The number of nitrogens with one attached hydrogen (secondary N) is 3. The number of aromatic amines is 1. The number of nitrogens with zero attached hydrogens (tertiary/aromatic N) is 4. The Morgan fingerprint density at radius 1 is 0.973 bits per heavy atom. The first-order valence-electron chi connectivity index (χ1n) is 12.2. The predicted octanol–water partition coefficient (Wildman–Crippen LogP) is 3.27. The van der Waals surface area contributed by atoms with E-state index in [4.69, 9.17) is 4.98 Å². The molecule has 4 aromatic rings. The number of rotatable bonds is 7. The van der Waals surface area contributed by atoms with Crippen molar-refractivity contribution in [1.82, 2.24) is 25.2 Å². The fourth-order valence-electron chi connectivity index (χ4n) is 4.39. The zero-order chi connectivity index (χ0) is 25.8. The van der Waals surface area contributed by atoms with Crippen LogP contribution < -0.4 is 15.5 Å². The van der Waals surface area contributed by atoms with Crippen molar-refractivity contribution in [3.8, 4) is 11.4 Å². The lowest BCUT2D eigenvalue weighted by Crippen LogP contribution is -2.48. The fourth-order valence-corrected chi connectivity index (χ4v) is 4.39. The SMILES string of the molecule is CC(=O)NCCNc1nc(-c2ccccc2)nc2[nH]c(C(=O)N3CCN(c4ccc(F)cc4)CC3)cc12. The number of benzene rings is 2. The van der Waals surface area contributed by atoms with Crippen LogP contribution in [0.25, 0.3) is 22.4 Å². The van der Waals surface area contributed by atoms with E-state index in [0.717, 1.165) is 11.3 Å². The Bertz CT molecular complexity index is 1400. The molecule has 0 bridgehead atoms. The molecule has 0 aliphatic carbocycles. The number of amides is 2. The number of fused-ring (bicyclic) bond motifs is 1. The van der Waals surface area contributed by atoms with Gasteiger partial charge in [-0.05, 0) is 30.3 Å². The molecule has 2 aromatic heterocycles. The van der Waals surface area contributed by atoms with Crippen LogP contribution >= 0.6 is 0 Å². The highest BCUT2D eigenvalue weighted by atomic mass is 19.1. The van der Waals surface area contributed by atoms with Gasteiger partial charge in [-0.1, -0.05) is 30.3 Å². The second-order valence-electron chi connectivity index (χ2n) is 8.87. The van der Waals surface area contributed by atoms with Gasteiger partial charge < -0.3 is 25.4 Å². The molecule has 1 fully saturated rings. The van der Waals surface area contributed by atoms with E-state index in [-0.39, 0.29) is 17.6 Å². The average Bonchev–Trinajstić information content (AvgIpc) is 3.36. The summed E-state index contributed by atoms with van der Waals surface area (Å²) in [5, 5.41) is 6.73. The van der Waals surface area contributed by atoms with Crippen molar-refractivity contribution in [2.45, 2.75) is 6.92 Å². The van der Waals surface area contributed by atoms with Gasteiger partial charge in [-0.25, -0.2) is 14.4 Å². The number of aromatic nitrogens is 3. The van der Waals surface area contributed by atoms with E-state index in [2.05, 4.69) is 25.5 Å². The summed E-state index contributed by atoms with van der Waals surface area (Å²) in [5.41, 5.74) is 2.80. The zero-order valence-electron chi connectivity index (χ0n) is 20.5. The highest BCUT2D eigenvalue weighted by Gasteiger charge is 2.24. The van der Waals surface area contributed by atoms with Crippen LogP contribution in [0.15, 0.2) is 60.7 Å². The quantitative estimate of drug-likeness (QED) is 0.336. The summed E-state index contributed by atoms with van der Waals surface area (Å²) in [6.45, 7) is 4.80. The molecule has 190 valence electrons. The normalized spacial score (nSPS) is 13.6. The maximum absolute atomic E-state index is 13.4. The van der Waals surface area contributed by atoms with E-state index in [9.17, 15) is 14.0 Å². The van der Waals surface area contributed by atoms with Gasteiger partial charge in [0.1, 0.15) is 23.0 Å². The predicted molar refractivity (Wildman–Crippen MR) is 141 cm³/mol.